The molecule has 1 amide bonds. The van der Waals surface area contributed by atoms with E-state index in [1.54, 1.807) is 30.3 Å². The van der Waals surface area contributed by atoms with E-state index in [1.165, 1.54) is 60.7 Å². The van der Waals surface area contributed by atoms with E-state index in [0.29, 0.717) is 44.2 Å². The van der Waals surface area contributed by atoms with Gasteiger partial charge < -0.3 is 39.8 Å². The molecular weight excluding hydrogens is 785 g/mol. The molecule has 58 heavy (non-hydrogen) atoms. The number of rotatable bonds is 8. The number of carbonyl (C=O) groups excluding carboxylic acids is 1. The lowest BCUT2D eigenvalue weighted by molar-refractivity contribution is 0.0687. The van der Waals surface area contributed by atoms with Crippen LogP contribution < -0.4 is 21.0 Å². The Hall–Kier alpha value is -7.15. The summed E-state index contributed by atoms with van der Waals surface area (Å²) in [6, 6.07) is 24.2. The number of phenols is 1. The summed E-state index contributed by atoms with van der Waals surface area (Å²) in [6.45, 7) is -0.135. The Bertz CT molecular complexity index is 3120. The predicted molar refractivity (Wildman–Crippen MR) is 220 cm³/mol. The van der Waals surface area contributed by atoms with Crippen LogP contribution in [0.5, 0.6) is 5.75 Å². The maximum Gasteiger partial charge on any atom is 0.337 e. The van der Waals surface area contributed by atoms with Crippen molar-refractivity contribution in [3.63, 3.8) is 0 Å². The van der Waals surface area contributed by atoms with Crippen LogP contribution in [0.3, 0.4) is 0 Å². The van der Waals surface area contributed by atoms with Crippen LogP contribution in [-0.2, 0) is 6.54 Å². The Labute approximate surface area is 337 Å². The first-order chi connectivity index (χ1) is 27.7. The molecule has 5 N–H and O–H groups in total. The number of amides is 1. The van der Waals surface area contributed by atoms with Crippen molar-refractivity contribution in [3.8, 4) is 50.7 Å². The van der Waals surface area contributed by atoms with Gasteiger partial charge in [-0.1, -0.05) is 29.3 Å². The van der Waals surface area contributed by atoms with Crippen molar-refractivity contribution < 1.29 is 38.5 Å². The lowest BCUT2D eigenvalue weighted by atomic mass is 9.89. The third-order valence-electron chi connectivity index (χ3n) is 9.86. The zero-order chi connectivity index (χ0) is 41.2. The van der Waals surface area contributed by atoms with E-state index < -0.39 is 17.8 Å². The molecule has 0 radical (unpaired) electrons. The fraction of sp³-hybridized carbons (Fsp3) is 0.0682. The number of carboxylic acid groups (broad SMARTS) is 2. The highest BCUT2D eigenvalue weighted by Gasteiger charge is 2.30. The van der Waals surface area contributed by atoms with Crippen LogP contribution in [0, 0.1) is 5.41 Å². The Morgan fingerprint density at radius 3 is 2.10 bits per heavy atom. The number of aromatic carboxylic acids is 2. The number of carbonyl (C=O) groups is 3. The Kier molecular flexibility index (Phi) is 9.38. The molecule has 2 aliphatic carbocycles. The quantitative estimate of drug-likeness (QED) is 0.0925. The van der Waals surface area contributed by atoms with Gasteiger partial charge in [-0.05, 0) is 77.9 Å². The second-order valence-corrected chi connectivity index (χ2v) is 14.5. The molecule has 0 aromatic heterocycles. The molecule has 0 bridgehead atoms. The van der Waals surface area contributed by atoms with Gasteiger partial charge >= 0.3 is 11.9 Å². The van der Waals surface area contributed by atoms with Crippen LogP contribution in [0.2, 0.25) is 10.0 Å². The summed E-state index contributed by atoms with van der Waals surface area (Å²) in [5.41, 5.74) is 2.83. The van der Waals surface area contributed by atoms with Crippen LogP contribution in [0.25, 0.3) is 66.8 Å². The van der Waals surface area contributed by atoms with E-state index in [0.717, 1.165) is 5.69 Å². The first kappa shape index (κ1) is 37.8. The largest absolute Gasteiger partial charge is 0.508 e. The standard InChI is InChI=1S/C44H29Cl2N3O9/c1-49(2)22-5-10-29-34(15-22)57-33-14-21(47)4-9-28(33)38(29)40-39(44(55)56)32(45)18-31(41(40)46)42(52)48-19-20-3-8-25(43(53)54)30(13-20)37-26-11-6-23(50)16-35(26)58-36-17-24(51)7-12-27(36)37/h3-18,47,50H,19H2,1-2H3,(H,48,52)(H,53,54)(H,55,56). The molecule has 12 nitrogen and oxygen atoms in total. The first-order valence-electron chi connectivity index (χ1n) is 17.5. The minimum absolute atomic E-state index is 0.0263. The average molecular weight is 815 g/mol. The molecule has 8 rings (SSSR count). The van der Waals surface area contributed by atoms with E-state index in [-0.39, 0.29) is 78.0 Å². The van der Waals surface area contributed by atoms with E-state index in [2.05, 4.69) is 5.32 Å². The van der Waals surface area contributed by atoms with E-state index in [9.17, 15) is 34.5 Å². The molecule has 2 aliphatic heterocycles. The van der Waals surface area contributed by atoms with Crippen molar-refractivity contribution in [1.29, 1.82) is 5.41 Å². The number of halogens is 2. The Morgan fingerprint density at radius 2 is 1.38 bits per heavy atom. The number of fused-ring (bicyclic) bond motifs is 4. The molecule has 288 valence electrons. The Balaban J connectivity index is 1.25. The molecule has 0 unspecified atom stereocenters. The number of phenolic OH excluding ortho intramolecular Hbond substituents is 1. The lowest BCUT2D eigenvalue weighted by Gasteiger charge is -2.21. The van der Waals surface area contributed by atoms with E-state index in [4.69, 9.17) is 37.4 Å². The molecule has 0 saturated carbocycles. The minimum atomic E-state index is -1.39. The number of hydrogen-bond donors (Lipinski definition) is 5. The summed E-state index contributed by atoms with van der Waals surface area (Å²) in [5.74, 6) is -2.97. The van der Waals surface area contributed by atoms with Crippen LogP contribution >= 0.6 is 23.2 Å². The fourth-order valence-electron chi connectivity index (χ4n) is 7.18. The summed E-state index contributed by atoms with van der Waals surface area (Å²) in [6.07, 6.45) is 0. The van der Waals surface area contributed by atoms with Crippen molar-refractivity contribution >= 4 is 68.7 Å². The molecule has 0 atom stereocenters. The monoisotopic (exact) mass is 813 g/mol. The highest BCUT2D eigenvalue weighted by molar-refractivity contribution is 6.41. The van der Waals surface area contributed by atoms with Crippen molar-refractivity contribution in [1.82, 2.24) is 5.32 Å². The molecule has 4 aliphatic rings. The van der Waals surface area contributed by atoms with Gasteiger partial charge in [-0.15, -0.1) is 0 Å². The van der Waals surface area contributed by atoms with Crippen LogP contribution in [0.1, 0.15) is 36.6 Å². The zero-order valence-electron chi connectivity index (χ0n) is 30.4. The van der Waals surface area contributed by atoms with Crippen molar-refractivity contribution in [2.75, 3.05) is 19.0 Å². The normalized spacial score (nSPS) is 11.4. The maximum atomic E-state index is 14.1. The number of anilines is 1. The van der Waals surface area contributed by atoms with Crippen LogP contribution in [-0.4, -0.2) is 47.3 Å². The Morgan fingerprint density at radius 1 is 0.707 bits per heavy atom. The van der Waals surface area contributed by atoms with Gasteiger partial charge in [0.25, 0.3) is 5.91 Å². The van der Waals surface area contributed by atoms with Crippen LogP contribution in [0.4, 0.5) is 5.69 Å². The van der Waals surface area contributed by atoms with Gasteiger partial charge in [0.2, 0.25) is 0 Å². The predicted octanol–water partition coefficient (Wildman–Crippen LogP) is 8.97. The van der Waals surface area contributed by atoms with Gasteiger partial charge in [0, 0.05) is 89.2 Å². The van der Waals surface area contributed by atoms with Gasteiger partial charge in [0.05, 0.1) is 32.1 Å². The number of aromatic hydroxyl groups is 1. The fourth-order valence-corrected chi connectivity index (χ4v) is 7.80. The molecule has 0 fully saturated rings. The number of benzene rings is 6. The summed E-state index contributed by atoms with van der Waals surface area (Å²) in [5, 5.41) is 42.6. The van der Waals surface area contributed by atoms with Crippen molar-refractivity contribution in [3.05, 3.63) is 145 Å². The van der Waals surface area contributed by atoms with Crippen molar-refractivity contribution in [2.45, 2.75) is 6.54 Å². The number of carboxylic acids is 2. The highest BCUT2D eigenvalue weighted by atomic mass is 35.5. The lowest BCUT2D eigenvalue weighted by Crippen LogP contribution is -2.24. The van der Waals surface area contributed by atoms with Gasteiger partial charge in [0.15, 0.2) is 5.43 Å². The first-order valence-corrected chi connectivity index (χ1v) is 18.3. The number of nitrogens with one attached hydrogen (secondary N) is 2. The molecule has 4 aromatic carbocycles. The minimum Gasteiger partial charge on any atom is -0.508 e. The molecule has 0 saturated heterocycles. The zero-order valence-corrected chi connectivity index (χ0v) is 32.0. The van der Waals surface area contributed by atoms with Crippen LogP contribution in [0.15, 0.2) is 111 Å². The van der Waals surface area contributed by atoms with Crippen molar-refractivity contribution in [2.24, 2.45) is 0 Å². The summed E-state index contributed by atoms with van der Waals surface area (Å²) in [7, 11) is 3.71. The van der Waals surface area contributed by atoms with Gasteiger partial charge in [-0.25, -0.2) is 9.59 Å². The number of hydrogen-bond acceptors (Lipinski definition) is 9. The van der Waals surface area contributed by atoms with E-state index >= 15 is 0 Å². The molecule has 14 heteroatoms. The van der Waals surface area contributed by atoms with Gasteiger partial charge in [0.1, 0.15) is 28.4 Å². The summed E-state index contributed by atoms with van der Waals surface area (Å²) >= 11 is 13.8. The molecule has 4 aromatic rings. The number of nitrogens with zero attached hydrogens (tertiary/aromatic N) is 1. The van der Waals surface area contributed by atoms with Gasteiger partial charge in [-0.2, -0.15) is 0 Å². The highest BCUT2D eigenvalue weighted by Crippen LogP contribution is 2.47. The third kappa shape index (κ3) is 6.53. The SMILES string of the molecule is CN(C)c1ccc2c(-c3c(Cl)c(C(=O)NCc4ccc(C(=O)O)c(-c5c6ccc(=O)cc-6oc6cc(O)ccc56)c4)cc(Cl)c3C(=O)O)c3ccc(=N)cc-3oc2c1. The molecule has 0 spiro atoms. The molecule has 2 heterocycles. The summed E-state index contributed by atoms with van der Waals surface area (Å²) < 4.78 is 12.2. The second-order valence-electron chi connectivity index (χ2n) is 13.7. The smallest absolute Gasteiger partial charge is 0.337 e. The maximum absolute atomic E-state index is 14.1. The van der Waals surface area contributed by atoms with Gasteiger partial charge in [-0.3, -0.25) is 9.59 Å². The van der Waals surface area contributed by atoms with E-state index in [1.807, 2.05) is 25.1 Å². The third-order valence-corrected chi connectivity index (χ3v) is 10.6. The second kappa shape index (κ2) is 14.4. The average Bonchev–Trinajstić information content (AvgIpc) is 3.18. The summed E-state index contributed by atoms with van der Waals surface area (Å²) in [4.78, 5) is 53.7. The molecular formula is C44H29Cl2N3O9. The topological polar surface area (TPSA) is 194 Å².